The molecule has 0 aliphatic carbocycles. The average Bonchev–Trinajstić information content (AvgIpc) is 3.05. The molecule has 1 fully saturated rings. The molecule has 0 aromatic carbocycles. The van der Waals surface area contributed by atoms with Gasteiger partial charge in [-0.25, -0.2) is 17.7 Å². The lowest BCUT2D eigenvalue weighted by molar-refractivity contribution is 0.0761. The van der Waals surface area contributed by atoms with Gasteiger partial charge in [0.25, 0.3) is 5.91 Å². The van der Waals surface area contributed by atoms with E-state index < -0.39 is 10.0 Å². The van der Waals surface area contributed by atoms with E-state index in [0.717, 1.165) is 30.6 Å². The van der Waals surface area contributed by atoms with E-state index >= 15 is 0 Å². The molecule has 1 atom stereocenters. The first kappa shape index (κ1) is 19.8. The minimum absolute atomic E-state index is 0.0221. The molecule has 1 aliphatic heterocycles. The second-order valence-corrected chi connectivity index (χ2v) is 9.10. The number of amides is 1. The Labute approximate surface area is 161 Å². The van der Waals surface area contributed by atoms with Crippen LogP contribution >= 0.6 is 0 Å². The summed E-state index contributed by atoms with van der Waals surface area (Å²) in [6.07, 6.45) is 5.70. The van der Waals surface area contributed by atoms with Crippen molar-refractivity contribution in [2.75, 3.05) is 32.4 Å². The average molecular weight is 393 g/mol. The minimum atomic E-state index is -3.23. The second-order valence-electron chi connectivity index (χ2n) is 7.12. The van der Waals surface area contributed by atoms with Crippen molar-refractivity contribution in [3.05, 3.63) is 35.9 Å². The first-order valence-electron chi connectivity index (χ1n) is 9.58. The van der Waals surface area contributed by atoms with E-state index in [1.165, 1.54) is 10.6 Å². The maximum Gasteiger partial charge on any atom is 0.274 e. The summed E-state index contributed by atoms with van der Waals surface area (Å²) in [5.41, 5.74) is 1.24. The first-order valence-corrected chi connectivity index (χ1v) is 11.4. The van der Waals surface area contributed by atoms with Gasteiger partial charge in [-0.2, -0.15) is 0 Å². The Balaban J connectivity index is 2.01. The Morgan fingerprint density at radius 3 is 2.78 bits per heavy atom. The zero-order chi connectivity index (χ0) is 19.6. The molecular formula is C19H28N4O3S. The summed E-state index contributed by atoms with van der Waals surface area (Å²) in [7, 11) is -3.23. The van der Waals surface area contributed by atoms with Gasteiger partial charge in [0.2, 0.25) is 10.0 Å². The number of rotatable bonds is 6. The fourth-order valence-electron chi connectivity index (χ4n) is 3.78. The topological polar surface area (TPSA) is 75.0 Å². The molecular weight excluding hydrogens is 364 g/mol. The maximum atomic E-state index is 13.0. The molecule has 2 aromatic heterocycles. The standard InChI is InChI=1S/C19H28N4O3S/c1-4-11-21(5-2)19(24)17-16-10-6-7-13-23(16)18(20-17)15-9-8-12-22(14-15)27(3,25)26/h6-7,10,13,15H,4-5,8-9,11-12,14H2,1-3H3/t15-/m1/s1. The van der Waals surface area contributed by atoms with E-state index in [4.69, 9.17) is 4.98 Å². The molecule has 27 heavy (non-hydrogen) atoms. The molecule has 0 unspecified atom stereocenters. The van der Waals surface area contributed by atoms with E-state index in [9.17, 15) is 13.2 Å². The number of hydrogen-bond acceptors (Lipinski definition) is 4. The lowest BCUT2D eigenvalue weighted by Gasteiger charge is -2.30. The van der Waals surface area contributed by atoms with E-state index in [1.54, 1.807) is 0 Å². The third-order valence-corrected chi connectivity index (χ3v) is 6.43. The Hall–Kier alpha value is -1.93. The highest BCUT2D eigenvalue weighted by Gasteiger charge is 2.31. The van der Waals surface area contributed by atoms with E-state index in [0.29, 0.717) is 31.9 Å². The minimum Gasteiger partial charge on any atom is -0.338 e. The molecule has 148 valence electrons. The van der Waals surface area contributed by atoms with Crippen LogP contribution in [0.1, 0.15) is 55.3 Å². The second kappa shape index (κ2) is 7.98. The number of nitrogens with zero attached hydrogens (tertiary/aromatic N) is 4. The third kappa shape index (κ3) is 4.01. The van der Waals surface area contributed by atoms with Crippen LogP contribution in [0.3, 0.4) is 0 Å². The summed E-state index contributed by atoms with van der Waals surface area (Å²) in [4.78, 5) is 19.6. The molecule has 3 rings (SSSR count). The predicted molar refractivity (Wildman–Crippen MR) is 105 cm³/mol. The molecule has 0 saturated carbocycles. The summed E-state index contributed by atoms with van der Waals surface area (Å²) in [6, 6.07) is 5.71. The van der Waals surface area contributed by atoms with Crippen LogP contribution in [0, 0.1) is 0 Å². The molecule has 1 saturated heterocycles. The van der Waals surface area contributed by atoms with Gasteiger partial charge >= 0.3 is 0 Å². The largest absolute Gasteiger partial charge is 0.338 e. The van der Waals surface area contributed by atoms with Crippen LogP contribution in [0.5, 0.6) is 0 Å². The van der Waals surface area contributed by atoms with Crippen LogP contribution in [0.25, 0.3) is 5.52 Å². The van der Waals surface area contributed by atoms with E-state index in [2.05, 4.69) is 6.92 Å². The van der Waals surface area contributed by atoms with Crippen molar-refractivity contribution in [1.82, 2.24) is 18.6 Å². The first-order chi connectivity index (χ1) is 12.9. The van der Waals surface area contributed by atoms with Gasteiger partial charge in [-0.05, 0) is 38.3 Å². The molecule has 0 bridgehead atoms. The highest BCUT2D eigenvalue weighted by Crippen LogP contribution is 2.29. The van der Waals surface area contributed by atoms with Crippen molar-refractivity contribution >= 4 is 21.4 Å². The number of piperidine rings is 1. The quantitative estimate of drug-likeness (QED) is 0.756. The van der Waals surface area contributed by atoms with Crippen LogP contribution < -0.4 is 0 Å². The normalized spacial score (nSPS) is 18.7. The SMILES string of the molecule is CCCN(CC)C(=O)c1nc([C@@H]2CCCN(S(C)(=O)=O)C2)n2ccccc12. The summed E-state index contributed by atoms with van der Waals surface area (Å²) in [5, 5.41) is 0. The van der Waals surface area contributed by atoms with Gasteiger partial charge in [0.05, 0.1) is 11.8 Å². The molecule has 0 spiro atoms. The van der Waals surface area contributed by atoms with Crippen molar-refractivity contribution < 1.29 is 13.2 Å². The van der Waals surface area contributed by atoms with Crippen LogP contribution in [0.2, 0.25) is 0 Å². The summed E-state index contributed by atoms with van der Waals surface area (Å²) >= 11 is 0. The van der Waals surface area contributed by atoms with Crippen LogP contribution in [-0.4, -0.2) is 65.3 Å². The number of aromatic nitrogens is 2. The molecule has 0 N–H and O–H groups in total. The van der Waals surface area contributed by atoms with E-state index in [-0.39, 0.29) is 11.8 Å². The number of fused-ring (bicyclic) bond motifs is 1. The van der Waals surface area contributed by atoms with Crippen LogP contribution in [-0.2, 0) is 10.0 Å². The number of carbonyl (C=O) groups excluding carboxylic acids is 1. The molecule has 0 radical (unpaired) electrons. The highest BCUT2D eigenvalue weighted by molar-refractivity contribution is 7.88. The van der Waals surface area contributed by atoms with Gasteiger partial charge in [0.15, 0.2) is 5.69 Å². The van der Waals surface area contributed by atoms with Crippen molar-refractivity contribution in [1.29, 1.82) is 0 Å². The predicted octanol–water partition coefficient (Wildman–Crippen LogP) is 2.35. The fraction of sp³-hybridized carbons (Fsp3) is 0.579. The summed E-state index contributed by atoms with van der Waals surface area (Å²) in [6.45, 7) is 6.31. The number of carbonyl (C=O) groups is 1. The molecule has 2 aromatic rings. The molecule has 1 amide bonds. The summed E-state index contributed by atoms with van der Waals surface area (Å²) < 4.78 is 27.4. The number of imidazole rings is 1. The lowest BCUT2D eigenvalue weighted by Crippen LogP contribution is -2.38. The number of sulfonamides is 1. The van der Waals surface area contributed by atoms with Crippen LogP contribution in [0.4, 0.5) is 0 Å². The van der Waals surface area contributed by atoms with Gasteiger partial charge in [-0.15, -0.1) is 0 Å². The lowest BCUT2D eigenvalue weighted by atomic mass is 9.99. The fourth-order valence-corrected chi connectivity index (χ4v) is 4.70. The van der Waals surface area contributed by atoms with Gasteiger partial charge in [0.1, 0.15) is 5.82 Å². The maximum absolute atomic E-state index is 13.0. The Kier molecular flexibility index (Phi) is 5.86. The Bertz CT molecular complexity index is 922. The Morgan fingerprint density at radius 2 is 2.11 bits per heavy atom. The van der Waals surface area contributed by atoms with E-state index in [1.807, 2.05) is 40.6 Å². The Morgan fingerprint density at radius 1 is 1.33 bits per heavy atom. The molecule has 8 heteroatoms. The third-order valence-electron chi connectivity index (χ3n) is 5.16. The number of hydrogen-bond donors (Lipinski definition) is 0. The highest BCUT2D eigenvalue weighted by atomic mass is 32.2. The summed E-state index contributed by atoms with van der Waals surface area (Å²) in [5.74, 6) is 0.686. The van der Waals surface area contributed by atoms with Gasteiger partial charge in [-0.1, -0.05) is 13.0 Å². The zero-order valence-corrected chi connectivity index (χ0v) is 17.1. The monoisotopic (exact) mass is 392 g/mol. The van der Waals surface area contributed by atoms with Crippen molar-refractivity contribution in [2.24, 2.45) is 0 Å². The van der Waals surface area contributed by atoms with Gasteiger partial charge in [0, 0.05) is 38.3 Å². The van der Waals surface area contributed by atoms with Gasteiger partial charge in [-0.3, -0.25) is 4.79 Å². The zero-order valence-electron chi connectivity index (χ0n) is 16.3. The van der Waals surface area contributed by atoms with Crippen molar-refractivity contribution in [3.8, 4) is 0 Å². The van der Waals surface area contributed by atoms with Crippen molar-refractivity contribution in [2.45, 2.75) is 39.0 Å². The van der Waals surface area contributed by atoms with Crippen LogP contribution in [0.15, 0.2) is 24.4 Å². The molecule has 3 heterocycles. The molecule has 7 nitrogen and oxygen atoms in total. The molecule has 1 aliphatic rings. The number of pyridine rings is 1. The van der Waals surface area contributed by atoms with Crippen molar-refractivity contribution in [3.63, 3.8) is 0 Å². The van der Waals surface area contributed by atoms with Gasteiger partial charge < -0.3 is 9.30 Å². The smallest absolute Gasteiger partial charge is 0.274 e.